The fourth-order valence-electron chi connectivity index (χ4n) is 6.29. The van der Waals surface area contributed by atoms with E-state index in [0.29, 0.717) is 45.2 Å². The van der Waals surface area contributed by atoms with Gasteiger partial charge in [0, 0.05) is 36.6 Å². The number of H-pyrrole nitrogens is 1. The van der Waals surface area contributed by atoms with Gasteiger partial charge in [-0.2, -0.15) is 0 Å². The highest BCUT2D eigenvalue weighted by Crippen LogP contribution is 2.21. The maximum atomic E-state index is 13.8. The number of hydrogen-bond acceptors (Lipinski definition) is 9. The van der Waals surface area contributed by atoms with Gasteiger partial charge < -0.3 is 59.4 Å². The first kappa shape index (κ1) is 42.2. The molecule has 18 heteroatoms. The van der Waals surface area contributed by atoms with E-state index in [4.69, 9.17) is 28.3 Å². The van der Waals surface area contributed by atoms with Gasteiger partial charge in [-0.25, -0.2) is 0 Å². The zero-order valence-corrected chi connectivity index (χ0v) is 30.5. The number of likely N-dealkylation sites (tertiary alicyclic amines) is 1. The molecule has 292 valence electrons. The average molecular weight is 741 g/mol. The second-order valence-corrected chi connectivity index (χ2v) is 13.7. The zero-order valence-electron chi connectivity index (χ0n) is 30.5. The Hall–Kier alpha value is -5.23. The summed E-state index contributed by atoms with van der Waals surface area (Å²) in [5.74, 6) is -3.94. The highest BCUT2D eigenvalue weighted by atomic mass is 16.2. The third kappa shape index (κ3) is 12.7. The molecule has 2 aromatic rings. The number of fused-ring (bicyclic) bond motifs is 1. The number of carbonyl (C=O) groups excluding carboxylic acids is 6. The Morgan fingerprint density at radius 3 is 2.36 bits per heavy atom. The Morgan fingerprint density at radius 2 is 1.68 bits per heavy atom. The highest BCUT2D eigenvalue weighted by molar-refractivity contribution is 5.96. The van der Waals surface area contributed by atoms with Crippen molar-refractivity contribution in [3.8, 4) is 0 Å². The van der Waals surface area contributed by atoms with E-state index in [0.717, 1.165) is 16.5 Å². The van der Waals surface area contributed by atoms with Crippen molar-refractivity contribution >= 4 is 52.3 Å². The number of para-hydroxylation sites is 1. The van der Waals surface area contributed by atoms with Crippen LogP contribution in [0, 0.1) is 11.3 Å². The number of nitrogens with one attached hydrogen (secondary N) is 7. The third-order valence-electron chi connectivity index (χ3n) is 9.19. The number of unbranched alkanes of at least 4 members (excludes halogenated alkanes) is 1. The molecule has 6 amide bonds. The van der Waals surface area contributed by atoms with Crippen LogP contribution in [0.25, 0.3) is 10.9 Å². The molecule has 53 heavy (non-hydrogen) atoms. The number of aromatic nitrogens is 1. The molecule has 15 N–H and O–H groups in total. The second-order valence-electron chi connectivity index (χ2n) is 13.7. The molecular weight excluding hydrogens is 684 g/mol. The van der Waals surface area contributed by atoms with Crippen LogP contribution < -0.4 is 49.5 Å². The van der Waals surface area contributed by atoms with Crippen molar-refractivity contribution in [1.29, 1.82) is 5.41 Å². The van der Waals surface area contributed by atoms with Crippen molar-refractivity contribution in [1.82, 2.24) is 36.5 Å². The van der Waals surface area contributed by atoms with Gasteiger partial charge in [-0.3, -0.25) is 34.2 Å². The van der Waals surface area contributed by atoms with E-state index in [1.54, 1.807) is 20.0 Å². The molecule has 1 aromatic heterocycles. The summed E-state index contributed by atoms with van der Waals surface area (Å²) < 4.78 is 0. The largest absolute Gasteiger partial charge is 0.370 e. The molecule has 0 aliphatic carbocycles. The fraction of sp³-hybridized carbons (Fsp3) is 0.571. The van der Waals surface area contributed by atoms with E-state index in [2.05, 4.69) is 31.6 Å². The van der Waals surface area contributed by atoms with Crippen LogP contribution in [0.1, 0.15) is 64.4 Å². The van der Waals surface area contributed by atoms with Crippen LogP contribution in [-0.4, -0.2) is 108 Å². The average Bonchev–Trinajstić information content (AvgIpc) is 3.78. The molecule has 1 aromatic carbocycles. The molecule has 1 fully saturated rings. The van der Waals surface area contributed by atoms with E-state index in [9.17, 15) is 28.8 Å². The minimum Gasteiger partial charge on any atom is -0.370 e. The van der Waals surface area contributed by atoms with Gasteiger partial charge in [0.05, 0.1) is 12.6 Å². The number of amides is 6. The van der Waals surface area contributed by atoms with Gasteiger partial charge in [0.15, 0.2) is 5.96 Å². The quantitative estimate of drug-likeness (QED) is 0.0385. The number of aromatic amines is 1. The lowest BCUT2D eigenvalue weighted by Gasteiger charge is -2.30. The lowest BCUT2D eigenvalue weighted by Crippen LogP contribution is -2.57. The maximum absolute atomic E-state index is 13.8. The lowest BCUT2D eigenvalue weighted by molar-refractivity contribution is -0.142. The molecule has 1 aliphatic rings. The van der Waals surface area contributed by atoms with Crippen molar-refractivity contribution in [3.63, 3.8) is 0 Å². The number of nitrogens with two attached hydrogens (primary N) is 4. The van der Waals surface area contributed by atoms with Crippen LogP contribution in [0.3, 0.4) is 0 Å². The van der Waals surface area contributed by atoms with Crippen molar-refractivity contribution < 1.29 is 28.8 Å². The maximum Gasteiger partial charge on any atom is 0.245 e. The number of nitrogens with zero attached hydrogens (tertiary/aromatic N) is 1. The van der Waals surface area contributed by atoms with Crippen LogP contribution in [0.5, 0.6) is 0 Å². The minimum atomic E-state index is -1.10. The summed E-state index contributed by atoms with van der Waals surface area (Å²) in [7, 11) is 0. The normalized spacial score (nSPS) is 16.3. The molecule has 18 nitrogen and oxygen atoms in total. The van der Waals surface area contributed by atoms with Gasteiger partial charge in [-0.15, -0.1) is 0 Å². The number of hydrogen-bond donors (Lipinski definition) is 11. The van der Waals surface area contributed by atoms with E-state index in [1.165, 1.54) is 4.90 Å². The first-order valence-electron chi connectivity index (χ1n) is 18.1. The summed E-state index contributed by atoms with van der Waals surface area (Å²) in [5, 5.41) is 21.5. The molecule has 1 aliphatic heterocycles. The third-order valence-corrected chi connectivity index (χ3v) is 9.19. The standard InChI is InChI=1S/C35H56N12O6/c1-20(2)29(30(38)49)46-33(52)27-13-8-16-47(27)34(53)25(12-5-6-14-36)44-28(48)19-43-32(51)26(17-21-18-42-24-11-4-3-9-22(21)24)45-31(50)23(37)10-7-15-41-35(39)40/h3-4,9,11,18,20,23,25-27,29,42H,5-8,10,12-17,19,36-37H2,1-2H3,(H2,38,49)(H,43,51)(H,44,48)(H,45,50)(H,46,52)(H4,39,40,41)/t23-,25-,26-,27-,29-/m0/s1. The molecule has 1 saturated heterocycles. The predicted molar refractivity (Wildman–Crippen MR) is 200 cm³/mol. The van der Waals surface area contributed by atoms with Gasteiger partial charge in [-0.05, 0) is 69.0 Å². The summed E-state index contributed by atoms with van der Waals surface area (Å²) in [6.45, 7) is 4.01. The van der Waals surface area contributed by atoms with E-state index >= 15 is 0 Å². The van der Waals surface area contributed by atoms with Crippen LogP contribution >= 0.6 is 0 Å². The van der Waals surface area contributed by atoms with Gasteiger partial charge in [-0.1, -0.05) is 32.0 Å². The minimum absolute atomic E-state index is 0.0911. The molecule has 0 saturated carbocycles. The van der Waals surface area contributed by atoms with Crippen LogP contribution in [0.2, 0.25) is 0 Å². The van der Waals surface area contributed by atoms with Crippen LogP contribution in [-0.2, 0) is 35.2 Å². The Balaban J connectivity index is 1.70. The first-order chi connectivity index (χ1) is 25.2. The second kappa shape index (κ2) is 20.7. The zero-order chi connectivity index (χ0) is 39.1. The molecule has 0 unspecified atom stereocenters. The number of guanidine groups is 1. The fourth-order valence-corrected chi connectivity index (χ4v) is 6.29. The summed E-state index contributed by atoms with van der Waals surface area (Å²) in [6.07, 6.45) is 4.84. The molecule has 2 heterocycles. The Labute approximate surface area is 309 Å². The molecule has 5 atom stereocenters. The van der Waals surface area contributed by atoms with Crippen LogP contribution in [0.15, 0.2) is 30.5 Å². The van der Waals surface area contributed by atoms with Crippen molar-refractivity contribution in [3.05, 3.63) is 36.0 Å². The highest BCUT2D eigenvalue weighted by Gasteiger charge is 2.39. The van der Waals surface area contributed by atoms with Crippen molar-refractivity contribution in [2.24, 2.45) is 28.9 Å². The molecule has 0 spiro atoms. The molecule has 0 radical (unpaired) electrons. The Bertz CT molecular complexity index is 1600. The van der Waals surface area contributed by atoms with E-state index in [-0.39, 0.29) is 37.7 Å². The van der Waals surface area contributed by atoms with E-state index < -0.39 is 72.2 Å². The van der Waals surface area contributed by atoms with E-state index in [1.807, 2.05) is 24.3 Å². The lowest BCUT2D eigenvalue weighted by atomic mass is 10.0. The summed E-state index contributed by atoms with van der Waals surface area (Å²) in [6, 6.07) is 2.68. The summed E-state index contributed by atoms with van der Waals surface area (Å²) in [5.41, 5.74) is 24.2. The van der Waals surface area contributed by atoms with Gasteiger partial charge in [0.2, 0.25) is 35.4 Å². The molecular formula is C35H56N12O6. The number of rotatable bonds is 21. The number of primary amides is 1. The smallest absolute Gasteiger partial charge is 0.245 e. The van der Waals surface area contributed by atoms with Crippen molar-refractivity contribution in [2.45, 2.75) is 95.4 Å². The topological polar surface area (TPSA) is 310 Å². The molecule has 3 rings (SSSR count). The Morgan fingerprint density at radius 1 is 0.943 bits per heavy atom. The number of benzene rings is 1. The predicted octanol–water partition coefficient (Wildman–Crippen LogP) is -1.87. The van der Waals surface area contributed by atoms with Crippen LogP contribution in [0.4, 0.5) is 0 Å². The number of carbonyl (C=O) groups is 6. The van der Waals surface area contributed by atoms with Gasteiger partial charge in [0.25, 0.3) is 0 Å². The van der Waals surface area contributed by atoms with Crippen molar-refractivity contribution in [2.75, 3.05) is 26.2 Å². The summed E-state index contributed by atoms with van der Waals surface area (Å²) >= 11 is 0. The van der Waals surface area contributed by atoms with Gasteiger partial charge >= 0.3 is 0 Å². The summed E-state index contributed by atoms with van der Waals surface area (Å²) in [4.78, 5) is 83.4. The first-order valence-corrected chi connectivity index (χ1v) is 18.1. The SMILES string of the molecule is CC(C)[C@H](NC(=O)[C@@H]1CCCN1C(=O)[C@H](CCCCN)NC(=O)CNC(=O)[C@H](Cc1c[nH]c2ccccc12)NC(=O)[C@@H](N)CCCNC(=N)N)C(N)=O. The monoisotopic (exact) mass is 740 g/mol. The Kier molecular flexibility index (Phi) is 16.5. The van der Waals surface area contributed by atoms with Gasteiger partial charge in [0.1, 0.15) is 24.2 Å². The molecule has 0 bridgehead atoms.